The summed E-state index contributed by atoms with van der Waals surface area (Å²) in [6.07, 6.45) is 0.907. The van der Waals surface area contributed by atoms with E-state index in [1.807, 2.05) is 12.1 Å². The average molecular weight is 323 g/mol. The number of nitrogens with one attached hydrogen (secondary N) is 2. The SMILES string of the molecule is CCc1cc(Br)ccc1Nc1cc(NN)nc(N)n1. The first-order valence-corrected chi connectivity index (χ1v) is 6.58. The molecule has 7 heteroatoms. The van der Waals surface area contributed by atoms with Gasteiger partial charge in [-0.1, -0.05) is 22.9 Å². The van der Waals surface area contributed by atoms with Crippen LogP contribution in [0.5, 0.6) is 0 Å². The van der Waals surface area contributed by atoms with Crippen molar-refractivity contribution in [1.82, 2.24) is 9.97 Å². The van der Waals surface area contributed by atoms with Gasteiger partial charge < -0.3 is 16.5 Å². The van der Waals surface area contributed by atoms with Crippen LogP contribution in [0.3, 0.4) is 0 Å². The molecule has 0 saturated heterocycles. The topological polar surface area (TPSA) is 102 Å². The summed E-state index contributed by atoms with van der Waals surface area (Å²) in [4.78, 5) is 8.06. The van der Waals surface area contributed by atoms with Crippen LogP contribution in [0.2, 0.25) is 0 Å². The molecule has 1 heterocycles. The number of rotatable bonds is 4. The van der Waals surface area contributed by atoms with Crippen LogP contribution in [0.1, 0.15) is 12.5 Å². The van der Waals surface area contributed by atoms with Crippen LogP contribution >= 0.6 is 15.9 Å². The number of aryl methyl sites for hydroxylation is 1. The van der Waals surface area contributed by atoms with Gasteiger partial charge in [0.1, 0.15) is 11.6 Å². The molecule has 2 rings (SSSR count). The molecule has 0 atom stereocenters. The Bertz CT molecular complexity index is 586. The number of nitrogens with two attached hydrogens (primary N) is 2. The van der Waals surface area contributed by atoms with E-state index in [4.69, 9.17) is 11.6 Å². The molecule has 0 saturated carbocycles. The van der Waals surface area contributed by atoms with E-state index in [2.05, 4.69) is 49.6 Å². The Morgan fingerprint density at radius 3 is 2.63 bits per heavy atom. The van der Waals surface area contributed by atoms with E-state index < -0.39 is 0 Å². The Hall–Kier alpha value is -1.86. The maximum absolute atomic E-state index is 5.62. The van der Waals surface area contributed by atoms with Crippen molar-refractivity contribution in [2.24, 2.45) is 5.84 Å². The molecule has 0 spiro atoms. The molecule has 0 aliphatic rings. The fourth-order valence-corrected chi connectivity index (χ4v) is 2.13. The molecule has 6 nitrogen and oxygen atoms in total. The summed E-state index contributed by atoms with van der Waals surface area (Å²) >= 11 is 3.46. The Morgan fingerprint density at radius 2 is 1.95 bits per heavy atom. The summed E-state index contributed by atoms with van der Waals surface area (Å²) in [7, 11) is 0. The van der Waals surface area contributed by atoms with E-state index in [0.29, 0.717) is 11.6 Å². The minimum Gasteiger partial charge on any atom is -0.368 e. The lowest BCUT2D eigenvalue weighted by molar-refractivity contribution is 1.12. The zero-order valence-electron chi connectivity index (χ0n) is 10.4. The lowest BCUT2D eigenvalue weighted by Crippen LogP contribution is -2.11. The van der Waals surface area contributed by atoms with E-state index >= 15 is 0 Å². The van der Waals surface area contributed by atoms with E-state index in [1.54, 1.807) is 6.07 Å². The van der Waals surface area contributed by atoms with Crippen molar-refractivity contribution in [1.29, 1.82) is 0 Å². The second-order valence-electron chi connectivity index (χ2n) is 3.92. The van der Waals surface area contributed by atoms with Crippen molar-refractivity contribution in [3.8, 4) is 0 Å². The van der Waals surface area contributed by atoms with Gasteiger partial charge in [0.25, 0.3) is 0 Å². The molecule has 0 radical (unpaired) electrons. The summed E-state index contributed by atoms with van der Waals surface area (Å²) in [5, 5.41) is 3.22. The van der Waals surface area contributed by atoms with Crippen molar-refractivity contribution >= 4 is 39.2 Å². The molecule has 6 N–H and O–H groups in total. The third kappa shape index (κ3) is 3.33. The van der Waals surface area contributed by atoms with Gasteiger partial charge in [0.2, 0.25) is 5.95 Å². The minimum absolute atomic E-state index is 0.160. The number of aromatic nitrogens is 2. The number of anilines is 4. The third-order valence-corrected chi connectivity index (χ3v) is 3.10. The fourth-order valence-electron chi connectivity index (χ4n) is 1.72. The molecule has 0 amide bonds. The predicted molar refractivity (Wildman–Crippen MR) is 81.1 cm³/mol. The standard InChI is InChI=1S/C12H15BrN6/c1-2-7-5-8(13)3-4-9(7)16-10-6-11(19-15)18-12(14)17-10/h3-6H,2,15H2,1H3,(H4,14,16,17,18,19). The molecule has 0 aliphatic heterocycles. The summed E-state index contributed by atoms with van der Waals surface area (Å²) in [6, 6.07) is 7.71. The van der Waals surface area contributed by atoms with E-state index in [0.717, 1.165) is 16.6 Å². The highest BCUT2D eigenvalue weighted by atomic mass is 79.9. The number of nitrogens with zero attached hydrogens (tertiary/aromatic N) is 2. The first kappa shape index (κ1) is 13.6. The zero-order chi connectivity index (χ0) is 13.8. The molecule has 0 aliphatic carbocycles. The molecule has 1 aromatic heterocycles. The van der Waals surface area contributed by atoms with E-state index in [9.17, 15) is 0 Å². The van der Waals surface area contributed by atoms with Crippen LogP contribution in [0.4, 0.5) is 23.3 Å². The molecule has 100 valence electrons. The van der Waals surface area contributed by atoms with Crippen LogP contribution in [0.25, 0.3) is 0 Å². The molecule has 0 fully saturated rings. The van der Waals surface area contributed by atoms with Crippen LogP contribution in [0, 0.1) is 0 Å². The number of halogens is 1. The molecule has 0 bridgehead atoms. The molecule has 19 heavy (non-hydrogen) atoms. The maximum atomic E-state index is 5.62. The third-order valence-electron chi connectivity index (χ3n) is 2.60. The van der Waals surface area contributed by atoms with Crippen LogP contribution < -0.4 is 22.3 Å². The fraction of sp³-hybridized carbons (Fsp3) is 0.167. The number of hydrogen-bond donors (Lipinski definition) is 4. The van der Waals surface area contributed by atoms with Crippen LogP contribution in [0.15, 0.2) is 28.7 Å². The molecular weight excluding hydrogens is 308 g/mol. The quantitative estimate of drug-likeness (QED) is 0.509. The Morgan fingerprint density at radius 1 is 1.21 bits per heavy atom. The van der Waals surface area contributed by atoms with E-state index in [-0.39, 0.29) is 5.95 Å². The van der Waals surface area contributed by atoms with E-state index in [1.165, 1.54) is 5.56 Å². The van der Waals surface area contributed by atoms with Gasteiger partial charge in [0.05, 0.1) is 0 Å². The number of nitrogen functional groups attached to an aromatic ring is 2. The monoisotopic (exact) mass is 322 g/mol. The van der Waals surface area contributed by atoms with Gasteiger partial charge in [0.15, 0.2) is 0 Å². The second kappa shape index (κ2) is 5.85. The minimum atomic E-state index is 0.160. The van der Waals surface area contributed by atoms with Crippen molar-refractivity contribution in [3.05, 3.63) is 34.3 Å². The van der Waals surface area contributed by atoms with Crippen molar-refractivity contribution in [3.63, 3.8) is 0 Å². The van der Waals surface area contributed by atoms with Gasteiger partial charge in [-0.05, 0) is 30.2 Å². The van der Waals surface area contributed by atoms with Gasteiger partial charge in [-0.15, -0.1) is 0 Å². The highest BCUT2D eigenvalue weighted by Crippen LogP contribution is 2.25. The first-order valence-electron chi connectivity index (χ1n) is 5.79. The van der Waals surface area contributed by atoms with Gasteiger partial charge >= 0.3 is 0 Å². The zero-order valence-corrected chi connectivity index (χ0v) is 12.0. The molecule has 0 unspecified atom stereocenters. The summed E-state index contributed by atoms with van der Waals surface area (Å²) < 4.78 is 1.04. The maximum Gasteiger partial charge on any atom is 0.223 e. The Balaban J connectivity index is 2.33. The summed E-state index contributed by atoms with van der Waals surface area (Å²) in [6.45, 7) is 2.09. The second-order valence-corrected chi connectivity index (χ2v) is 4.84. The normalized spacial score (nSPS) is 10.3. The van der Waals surface area contributed by atoms with Gasteiger partial charge in [-0.25, -0.2) is 5.84 Å². The Labute approximate surface area is 119 Å². The van der Waals surface area contributed by atoms with Crippen molar-refractivity contribution in [2.45, 2.75) is 13.3 Å². The average Bonchev–Trinajstić information content (AvgIpc) is 2.40. The number of hydrazine groups is 1. The number of hydrogen-bond acceptors (Lipinski definition) is 6. The van der Waals surface area contributed by atoms with Crippen molar-refractivity contribution in [2.75, 3.05) is 16.5 Å². The van der Waals surface area contributed by atoms with Gasteiger partial charge in [0, 0.05) is 16.2 Å². The summed E-state index contributed by atoms with van der Waals surface area (Å²) in [5.74, 6) is 6.55. The highest BCUT2D eigenvalue weighted by molar-refractivity contribution is 9.10. The van der Waals surface area contributed by atoms with Crippen molar-refractivity contribution < 1.29 is 0 Å². The summed E-state index contributed by atoms with van der Waals surface area (Å²) in [5.41, 5.74) is 10.2. The molecule has 2 aromatic rings. The van der Waals surface area contributed by atoms with Gasteiger partial charge in [-0.2, -0.15) is 9.97 Å². The van der Waals surface area contributed by atoms with Crippen LogP contribution in [-0.2, 0) is 6.42 Å². The molecule has 1 aromatic carbocycles. The highest BCUT2D eigenvalue weighted by Gasteiger charge is 2.05. The lowest BCUT2D eigenvalue weighted by Gasteiger charge is -2.12. The lowest BCUT2D eigenvalue weighted by atomic mass is 10.1. The Kier molecular flexibility index (Phi) is 4.18. The number of benzene rings is 1. The largest absolute Gasteiger partial charge is 0.368 e. The predicted octanol–water partition coefficient (Wildman–Crippen LogP) is 2.41. The van der Waals surface area contributed by atoms with Crippen LogP contribution in [-0.4, -0.2) is 9.97 Å². The first-order chi connectivity index (χ1) is 9.12. The van der Waals surface area contributed by atoms with Gasteiger partial charge in [-0.3, -0.25) is 0 Å². The molecular formula is C12H15BrN6. The smallest absolute Gasteiger partial charge is 0.223 e.